The minimum atomic E-state index is 0.626. The summed E-state index contributed by atoms with van der Waals surface area (Å²) in [6.45, 7) is 2.27. The number of nitrogens with one attached hydrogen (secondary N) is 1. The molecule has 2 aliphatic heterocycles. The number of aryl methyl sites for hydroxylation is 1. The third kappa shape index (κ3) is 3.97. The molecule has 1 aromatic rings. The zero-order valence-corrected chi connectivity index (χ0v) is 13.4. The molecule has 1 saturated heterocycles. The van der Waals surface area contributed by atoms with Crippen LogP contribution in [0.3, 0.4) is 0 Å². The van der Waals surface area contributed by atoms with Crippen LogP contribution in [0.4, 0.5) is 0 Å². The van der Waals surface area contributed by atoms with Crippen LogP contribution in [-0.4, -0.2) is 12.1 Å². The number of unbranched alkanes of at least 4 members (excludes halogenated alkanes) is 3. The van der Waals surface area contributed by atoms with E-state index in [0.717, 1.165) is 6.04 Å². The molecule has 2 heterocycles. The van der Waals surface area contributed by atoms with Gasteiger partial charge in [0.25, 0.3) is 0 Å². The van der Waals surface area contributed by atoms with Crippen molar-refractivity contribution in [2.45, 2.75) is 76.8 Å². The Labute approximate surface area is 129 Å². The van der Waals surface area contributed by atoms with Crippen LogP contribution in [0.25, 0.3) is 5.57 Å². The number of fused-ring (bicyclic) bond motifs is 2. The van der Waals surface area contributed by atoms with Crippen molar-refractivity contribution < 1.29 is 0 Å². The Kier molecular flexibility index (Phi) is 5.13. The summed E-state index contributed by atoms with van der Waals surface area (Å²) in [5.41, 5.74) is 4.52. The Balaban J connectivity index is 1.60. The molecule has 0 aromatic heterocycles. The van der Waals surface area contributed by atoms with Crippen molar-refractivity contribution in [3.63, 3.8) is 0 Å². The van der Waals surface area contributed by atoms with E-state index in [9.17, 15) is 0 Å². The number of benzene rings is 1. The largest absolute Gasteiger partial charge is 0.307 e. The van der Waals surface area contributed by atoms with Crippen LogP contribution < -0.4 is 5.32 Å². The predicted octanol–water partition coefficient (Wildman–Crippen LogP) is 5.11. The van der Waals surface area contributed by atoms with Crippen LogP contribution >= 0.6 is 0 Å². The summed E-state index contributed by atoms with van der Waals surface area (Å²) in [5.74, 6) is 0. The molecule has 0 aliphatic carbocycles. The third-order valence-electron chi connectivity index (χ3n) is 5.03. The van der Waals surface area contributed by atoms with Crippen LogP contribution in [0.15, 0.2) is 30.3 Å². The zero-order chi connectivity index (χ0) is 14.5. The normalized spacial score (nSPS) is 24.7. The van der Waals surface area contributed by atoms with Gasteiger partial charge in [0, 0.05) is 12.1 Å². The Morgan fingerprint density at radius 3 is 2.67 bits per heavy atom. The molecule has 1 fully saturated rings. The molecule has 1 aromatic carbocycles. The topological polar surface area (TPSA) is 12.0 Å². The van der Waals surface area contributed by atoms with Crippen molar-refractivity contribution in [2.24, 2.45) is 0 Å². The first-order chi connectivity index (χ1) is 10.3. The number of rotatable bonds is 6. The molecule has 0 spiro atoms. The summed E-state index contributed by atoms with van der Waals surface area (Å²) in [6, 6.07) is 10.7. The van der Waals surface area contributed by atoms with Gasteiger partial charge in [-0.25, -0.2) is 0 Å². The van der Waals surface area contributed by atoms with Gasteiger partial charge >= 0.3 is 0 Å². The Morgan fingerprint density at radius 2 is 1.90 bits per heavy atom. The summed E-state index contributed by atoms with van der Waals surface area (Å²) in [5, 5.41) is 3.73. The summed E-state index contributed by atoms with van der Waals surface area (Å²) in [4.78, 5) is 0. The van der Waals surface area contributed by atoms with Gasteiger partial charge in [0.05, 0.1) is 0 Å². The summed E-state index contributed by atoms with van der Waals surface area (Å²) >= 11 is 0. The fraction of sp³-hybridized carbons (Fsp3) is 0.600. The van der Waals surface area contributed by atoms with Gasteiger partial charge in [-0.3, -0.25) is 0 Å². The van der Waals surface area contributed by atoms with E-state index in [-0.39, 0.29) is 0 Å². The van der Waals surface area contributed by atoms with Crippen LogP contribution in [0.2, 0.25) is 0 Å². The SMILES string of the molecule is CCCCCCc1ccc(C2=CC3CCCC(C2)N3)cc1. The van der Waals surface area contributed by atoms with E-state index >= 15 is 0 Å². The lowest BCUT2D eigenvalue weighted by Crippen LogP contribution is -2.44. The molecule has 2 atom stereocenters. The van der Waals surface area contributed by atoms with Gasteiger partial charge in [0.2, 0.25) is 0 Å². The molecule has 1 nitrogen and oxygen atoms in total. The maximum atomic E-state index is 3.73. The molecule has 0 radical (unpaired) electrons. The molecule has 3 rings (SSSR count). The van der Waals surface area contributed by atoms with E-state index in [1.807, 2.05) is 0 Å². The number of piperidine rings is 1. The lowest BCUT2D eigenvalue weighted by Gasteiger charge is -2.35. The van der Waals surface area contributed by atoms with Crippen molar-refractivity contribution in [3.8, 4) is 0 Å². The lowest BCUT2D eigenvalue weighted by atomic mass is 9.84. The van der Waals surface area contributed by atoms with Gasteiger partial charge in [0.1, 0.15) is 0 Å². The van der Waals surface area contributed by atoms with Crippen LogP contribution in [0.1, 0.15) is 69.4 Å². The first-order valence-electron chi connectivity index (χ1n) is 8.91. The highest BCUT2D eigenvalue weighted by atomic mass is 15.0. The van der Waals surface area contributed by atoms with Gasteiger partial charge in [-0.2, -0.15) is 0 Å². The van der Waals surface area contributed by atoms with Crippen LogP contribution in [0, 0.1) is 0 Å². The average Bonchev–Trinajstić information content (AvgIpc) is 2.52. The fourth-order valence-corrected chi connectivity index (χ4v) is 3.78. The molecule has 2 aliphatic rings. The lowest BCUT2D eigenvalue weighted by molar-refractivity contribution is 0.348. The molecule has 1 heteroatoms. The van der Waals surface area contributed by atoms with Crippen molar-refractivity contribution in [1.29, 1.82) is 0 Å². The first kappa shape index (κ1) is 14.8. The maximum Gasteiger partial charge on any atom is 0.0258 e. The Morgan fingerprint density at radius 1 is 1.05 bits per heavy atom. The second-order valence-corrected chi connectivity index (χ2v) is 6.80. The monoisotopic (exact) mass is 283 g/mol. The summed E-state index contributed by atoms with van der Waals surface area (Å²) in [7, 11) is 0. The molecular weight excluding hydrogens is 254 g/mol. The van der Waals surface area contributed by atoms with Crippen molar-refractivity contribution >= 4 is 5.57 Å². The highest BCUT2D eigenvalue weighted by Gasteiger charge is 2.25. The summed E-state index contributed by atoms with van der Waals surface area (Å²) < 4.78 is 0. The highest BCUT2D eigenvalue weighted by molar-refractivity contribution is 5.68. The van der Waals surface area contributed by atoms with E-state index in [1.165, 1.54) is 68.9 Å². The standard InChI is InChI=1S/C20H29N/c1-2-3-4-5-7-16-10-12-17(13-11-16)18-14-19-8-6-9-20(15-18)21-19/h10-14,19-21H,2-9,15H2,1H3. The highest BCUT2D eigenvalue weighted by Crippen LogP contribution is 2.31. The van der Waals surface area contributed by atoms with Crippen LogP contribution in [0.5, 0.6) is 0 Å². The summed E-state index contributed by atoms with van der Waals surface area (Å²) in [6.07, 6.45) is 14.4. The second kappa shape index (κ2) is 7.26. The molecule has 2 unspecified atom stereocenters. The second-order valence-electron chi connectivity index (χ2n) is 6.80. The van der Waals surface area contributed by atoms with Crippen molar-refractivity contribution in [2.75, 3.05) is 0 Å². The minimum Gasteiger partial charge on any atom is -0.307 e. The van der Waals surface area contributed by atoms with E-state index in [0.29, 0.717) is 6.04 Å². The van der Waals surface area contributed by atoms with Crippen molar-refractivity contribution in [1.82, 2.24) is 5.32 Å². The van der Waals surface area contributed by atoms with E-state index in [1.54, 1.807) is 5.57 Å². The molecule has 114 valence electrons. The number of hydrogen-bond acceptors (Lipinski definition) is 1. The molecule has 21 heavy (non-hydrogen) atoms. The van der Waals surface area contributed by atoms with Gasteiger partial charge in [-0.05, 0) is 48.8 Å². The van der Waals surface area contributed by atoms with Gasteiger partial charge in [-0.15, -0.1) is 0 Å². The fourth-order valence-electron chi connectivity index (χ4n) is 3.78. The molecule has 1 N–H and O–H groups in total. The third-order valence-corrected chi connectivity index (χ3v) is 5.03. The number of hydrogen-bond donors (Lipinski definition) is 1. The smallest absolute Gasteiger partial charge is 0.0258 e. The Bertz CT molecular complexity index is 471. The maximum absolute atomic E-state index is 3.73. The average molecular weight is 283 g/mol. The first-order valence-corrected chi connectivity index (χ1v) is 8.91. The van der Waals surface area contributed by atoms with E-state index in [2.05, 4.69) is 42.6 Å². The van der Waals surface area contributed by atoms with Gasteiger partial charge in [0.15, 0.2) is 0 Å². The van der Waals surface area contributed by atoms with Gasteiger partial charge < -0.3 is 5.32 Å². The molecule has 0 amide bonds. The predicted molar refractivity (Wildman–Crippen MR) is 91.4 cm³/mol. The Hall–Kier alpha value is -1.08. The molecular formula is C20H29N. The van der Waals surface area contributed by atoms with Crippen LogP contribution in [-0.2, 0) is 6.42 Å². The molecule has 2 bridgehead atoms. The van der Waals surface area contributed by atoms with E-state index in [4.69, 9.17) is 0 Å². The quantitative estimate of drug-likeness (QED) is 0.716. The van der Waals surface area contributed by atoms with Crippen molar-refractivity contribution in [3.05, 3.63) is 41.5 Å². The molecule has 0 saturated carbocycles. The van der Waals surface area contributed by atoms with E-state index < -0.39 is 0 Å². The minimum absolute atomic E-state index is 0.626. The zero-order valence-electron chi connectivity index (χ0n) is 13.4. The van der Waals surface area contributed by atoms with Gasteiger partial charge in [-0.1, -0.05) is 62.9 Å².